The van der Waals surface area contributed by atoms with Gasteiger partial charge in [0.1, 0.15) is 0 Å². The number of anilines is 1. The molecule has 24 heavy (non-hydrogen) atoms. The highest BCUT2D eigenvalue weighted by atomic mass is 16.2. The molecule has 0 spiro atoms. The van der Waals surface area contributed by atoms with Gasteiger partial charge in [0.2, 0.25) is 0 Å². The van der Waals surface area contributed by atoms with Crippen LogP contribution in [0.4, 0.5) is 5.69 Å². The standard InChI is InChI=1S/C19H24N4O/c1-19(2,3)21-18(24)16-15-11-4-5-12(10-11)17(15)23(22-16)14-8-6-13(20)7-9-14/h6-9,11-12H,4-5,10,20H2,1-3H3,(H,21,24). The van der Waals surface area contributed by atoms with Crippen molar-refractivity contribution < 1.29 is 4.79 Å². The van der Waals surface area contributed by atoms with Crippen molar-refractivity contribution in [3.8, 4) is 5.69 Å². The number of rotatable bonds is 2. The first-order valence-electron chi connectivity index (χ1n) is 8.65. The largest absolute Gasteiger partial charge is 0.399 e. The third-order valence-electron chi connectivity index (χ3n) is 5.03. The average Bonchev–Trinajstić information content (AvgIpc) is 3.18. The number of carbonyl (C=O) groups is 1. The summed E-state index contributed by atoms with van der Waals surface area (Å²) in [5.41, 5.74) is 10.2. The van der Waals surface area contributed by atoms with E-state index in [-0.39, 0.29) is 11.4 Å². The van der Waals surface area contributed by atoms with Gasteiger partial charge in [0.05, 0.1) is 11.4 Å². The van der Waals surface area contributed by atoms with Gasteiger partial charge in [-0.15, -0.1) is 0 Å². The van der Waals surface area contributed by atoms with Gasteiger partial charge in [-0.3, -0.25) is 4.79 Å². The van der Waals surface area contributed by atoms with Gasteiger partial charge in [0.15, 0.2) is 5.69 Å². The van der Waals surface area contributed by atoms with Gasteiger partial charge in [0.25, 0.3) is 5.91 Å². The van der Waals surface area contributed by atoms with Gasteiger partial charge in [-0.05, 0) is 70.2 Å². The smallest absolute Gasteiger partial charge is 0.272 e. The predicted octanol–water partition coefficient (Wildman–Crippen LogP) is 3.35. The Labute approximate surface area is 142 Å². The van der Waals surface area contributed by atoms with Gasteiger partial charge in [-0.25, -0.2) is 4.68 Å². The van der Waals surface area contributed by atoms with Crippen LogP contribution in [0, 0.1) is 0 Å². The highest BCUT2D eigenvalue weighted by molar-refractivity contribution is 5.95. The molecule has 2 bridgehead atoms. The quantitative estimate of drug-likeness (QED) is 0.832. The first-order valence-corrected chi connectivity index (χ1v) is 8.65. The van der Waals surface area contributed by atoms with Crippen LogP contribution < -0.4 is 11.1 Å². The lowest BCUT2D eigenvalue weighted by Gasteiger charge is -2.20. The topological polar surface area (TPSA) is 72.9 Å². The second kappa shape index (κ2) is 5.10. The number of nitrogen functional groups attached to an aromatic ring is 1. The van der Waals surface area contributed by atoms with Crippen molar-refractivity contribution in [1.29, 1.82) is 0 Å². The maximum absolute atomic E-state index is 12.8. The summed E-state index contributed by atoms with van der Waals surface area (Å²) in [6, 6.07) is 7.71. The maximum Gasteiger partial charge on any atom is 0.272 e. The Morgan fingerprint density at radius 1 is 1.21 bits per heavy atom. The molecule has 1 aromatic heterocycles. The minimum Gasteiger partial charge on any atom is -0.399 e. The SMILES string of the molecule is CC(C)(C)NC(=O)c1nn(-c2ccc(N)cc2)c2c1C1CCC2C1. The van der Waals surface area contributed by atoms with Crippen LogP contribution in [0.3, 0.4) is 0 Å². The van der Waals surface area contributed by atoms with Crippen LogP contribution in [0.5, 0.6) is 0 Å². The van der Waals surface area contributed by atoms with Gasteiger partial charge in [0, 0.05) is 22.7 Å². The number of nitrogens with one attached hydrogen (secondary N) is 1. The first kappa shape index (κ1) is 15.2. The molecule has 2 aliphatic rings. The summed E-state index contributed by atoms with van der Waals surface area (Å²) in [7, 11) is 0. The van der Waals surface area contributed by atoms with Gasteiger partial charge < -0.3 is 11.1 Å². The van der Waals surface area contributed by atoms with Crippen LogP contribution in [0.15, 0.2) is 24.3 Å². The number of amides is 1. The van der Waals surface area contributed by atoms with Gasteiger partial charge >= 0.3 is 0 Å². The average molecular weight is 324 g/mol. The third kappa shape index (κ3) is 2.39. The van der Waals surface area contributed by atoms with E-state index in [4.69, 9.17) is 10.8 Å². The summed E-state index contributed by atoms with van der Waals surface area (Å²) >= 11 is 0. The van der Waals surface area contributed by atoms with Crippen molar-refractivity contribution in [3.05, 3.63) is 41.2 Å². The fraction of sp³-hybridized carbons (Fsp3) is 0.474. The second-order valence-corrected chi connectivity index (χ2v) is 8.06. The highest BCUT2D eigenvalue weighted by Gasteiger charge is 2.44. The number of nitrogens with zero attached hydrogens (tertiary/aromatic N) is 2. The summed E-state index contributed by atoms with van der Waals surface area (Å²) in [4.78, 5) is 12.8. The molecule has 1 fully saturated rings. The van der Waals surface area contributed by atoms with Crippen molar-refractivity contribution in [2.24, 2.45) is 0 Å². The number of aromatic nitrogens is 2. The molecule has 4 rings (SSSR count). The minimum absolute atomic E-state index is 0.0690. The van der Waals surface area contributed by atoms with E-state index in [0.29, 0.717) is 17.5 Å². The molecule has 0 aliphatic heterocycles. The number of fused-ring (bicyclic) bond motifs is 5. The Kier molecular flexibility index (Phi) is 3.24. The lowest BCUT2D eigenvalue weighted by molar-refractivity contribution is 0.0912. The zero-order chi connectivity index (χ0) is 17.1. The Morgan fingerprint density at radius 3 is 2.54 bits per heavy atom. The maximum atomic E-state index is 12.8. The minimum atomic E-state index is -0.271. The second-order valence-electron chi connectivity index (χ2n) is 8.06. The van der Waals surface area contributed by atoms with Crippen molar-refractivity contribution in [1.82, 2.24) is 15.1 Å². The monoisotopic (exact) mass is 324 g/mol. The zero-order valence-electron chi connectivity index (χ0n) is 14.5. The van der Waals surface area contributed by atoms with E-state index in [1.165, 1.54) is 24.1 Å². The number of benzene rings is 1. The van der Waals surface area contributed by atoms with E-state index >= 15 is 0 Å². The van der Waals surface area contributed by atoms with E-state index < -0.39 is 0 Å². The summed E-state index contributed by atoms with van der Waals surface area (Å²) in [5.74, 6) is 0.931. The first-order chi connectivity index (χ1) is 11.3. The molecule has 1 amide bonds. The summed E-state index contributed by atoms with van der Waals surface area (Å²) in [6.07, 6.45) is 3.51. The van der Waals surface area contributed by atoms with Crippen molar-refractivity contribution in [3.63, 3.8) is 0 Å². The van der Waals surface area contributed by atoms with Gasteiger partial charge in [-0.1, -0.05) is 0 Å². The molecule has 2 atom stereocenters. The summed E-state index contributed by atoms with van der Waals surface area (Å²) < 4.78 is 1.97. The molecule has 126 valence electrons. The molecule has 2 unspecified atom stereocenters. The van der Waals surface area contributed by atoms with Crippen molar-refractivity contribution >= 4 is 11.6 Å². The normalized spacial score (nSPS) is 21.8. The summed E-state index contributed by atoms with van der Waals surface area (Å²) in [6.45, 7) is 5.98. The van der Waals surface area contributed by atoms with E-state index in [9.17, 15) is 4.79 Å². The molecule has 3 N–H and O–H groups in total. The fourth-order valence-corrected chi connectivity index (χ4v) is 4.11. The Hall–Kier alpha value is -2.30. The molecule has 2 aromatic rings. The molecule has 0 radical (unpaired) electrons. The van der Waals surface area contributed by atoms with Gasteiger partial charge in [-0.2, -0.15) is 5.10 Å². The van der Waals surface area contributed by atoms with Crippen LogP contribution in [0.2, 0.25) is 0 Å². The van der Waals surface area contributed by atoms with Crippen molar-refractivity contribution in [2.45, 2.75) is 57.4 Å². The van der Waals surface area contributed by atoms with Crippen LogP contribution >= 0.6 is 0 Å². The number of carbonyl (C=O) groups excluding carboxylic acids is 1. The fourth-order valence-electron chi connectivity index (χ4n) is 4.11. The number of hydrogen-bond donors (Lipinski definition) is 2. The Bertz CT molecular complexity index is 798. The van der Waals surface area contributed by atoms with E-state index in [1.54, 1.807) is 0 Å². The van der Waals surface area contributed by atoms with Crippen LogP contribution in [-0.2, 0) is 0 Å². The molecular weight excluding hydrogens is 300 g/mol. The molecule has 1 saturated carbocycles. The Balaban J connectivity index is 1.82. The lowest BCUT2D eigenvalue weighted by Crippen LogP contribution is -2.41. The van der Waals surface area contributed by atoms with E-state index in [1.807, 2.05) is 49.7 Å². The lowest BCUT2D eigenvalue weighted by atomic mass is 9.95. The zero-order valence-corrected chi connectivity index (χ0v) is 14.5. The predicted molar refractivity (Wildman–Crippen MR) is 94.5 cm³/mol. The molecule has 5 heteroatoms. The van der Waals surface area contributed by atoms with E-state index in [2.05, 4.69) is 5.32 Å². The molecule has 2 aliphatic carbocycles. The van der Waals surface area contributed by atoms with Crippen LogP contribution in [0.25, 0.3) is 5.69 Å². The molecule has 5 nitrogen and oxygen atoms in total. The molecular formula is C19H24N4O. The third-order valence-corrected chi connectivity index (χ3v) is 5.03. The highest BCUT2D eigenvalue weighted by Crippen LogP contribution is 2.54. The Morgan fingerprint density at radius 2 is 1.88 bits per heavy atom. The van der Waals surface area contributed by atoms with Crippen LogP contribution in [0.1, 0.15) is 73.6 Å². The number of nitrogens with two attached hydrogens (primary N) is 1. The molecule has 1 aromatic carbocycles. The van der Waals surface area contributed by atoms with E-state index in [0.717, 1.165) is 17.8 Å². The van der Waals surface area contributed by atoms with Crippen LogP contribution in [-0.4, -0.2) is 21.2 Å². The van der Waals surface area contributed by atoms with Crippen molar-refractivity contribution in [2.75, 3.05) is 5.73 Å². The number of hydrogen-bond acceptors (Lipinski definition) is 3. The molecule has 0 saturated heterocycles. The summed E-state index contributed by atoms with van der Waals surface area (Å²) in [5, 5.41) is 7.78. The molecule has 1 heterocycles.